The highest BCUT2D eigenvalue weighted by molar-refractivity contribution is 6.04. The Morgan fingerprint density at radius 2 is 1.68 bits per heavy atom. The molecule has 7 nitrogen and oxygen atoms in total. The van der Waals surface area contributed by atoms with Crippen molar-refractivity contribution in [2.45, 2.75) is 26.8 Å². The molecule has 0 fully saturated rings. The van der Waals surface area contributed by atoms with Crippen molar-refractivity contribution < 1.29 is 23.8 Å². The van der Waals surface area contributed by atoms with Gasteiger partial charge in [0.25, 0.3) is 5.91 Å². The summed E-state index contributed by atoms with van der Waals surface area (Å²) in [6.07, 6.45) is 1.23. The van der Waals surface area contributed by atoms with Gasteiger partial charge in [0.2, 0.25) is 0 Å². The molecule has 38 heavy (non-hydrogen) atoms. The molecule has 0 atom stereocenters. The zero-order valence-electron chi connectivity index (χ0n) is 21.3. The highest BCUT2D eigenvalue weighted by Gasteiger charge is 2.17. The molecule has 0 unspecified atom stereocenters. The summed E-state index contributed by atoms with van der Waals surface area (Å²) in [5, 5.41) is 11.8. The SMILES string of the molecule is COc1cc(-c2cccc(-c3cccc(NC(=O)c4ccc(CC(=O)O)cn4)c3C)c2C)cc(F)c1CN. The van der Waals surface area contributed by atoms with E-state index in [1.165, 1.54) is 25.4 Å². The second-order valence-electron chi connectivity index (χ2n) is 8.88. The first-order valence-corrected chi connectivity index (χ1v) is 12.0. The van der Waals surface area contributed by atoms with Crippen molar-refractivity contribution in [1.29, 1.82) is 0 Å². The fraction of sp³-hybridized carbons (Fsp3) is 0.167. The average molecular weight is 514 g/mol. The third kappa shape index (κ3) is 5.40. The van der Waals surface area contributed by atoms with Gasteiger partial charge in [-0.15, -0.1) is 0 Å². The number of ether oxygens (including phenoxy) is 1. The molecule has 4 rings (SSSR count). The molecule has 0 spiro atoms. The van der Waals surface area contributed by atoms with Crippen LogP contribution in [-0.4, -0.2) is 29.1 Å². The lowest BCUT2D eigenvalue weighted by Gasteiger charge is -2.17. The summed E-state index contributed by atoms with van der Waals surface area (Å²) < 4.78 is 20.1. The number of hydrogen-bond acceptors (Lipinski definition) is 5. The molecule has 4 N–H and O–H groups in total. The van der Waals surface area contributed by atoms with Gasteiger partial charge >= 0.3 is 5.97 Å². The van der Waals surface area contributed by atoms with Crippen molar-refractivity contribution in [1.82, 2.24) is 4.98 Å². The van der Waals surface area contributed by atoms with E-state index in [2.05, 4.69) is 10.3 Å². The monoisotopic (exact) mass is 513 g/mol. The molecule has 194 valence electrons. The van der Waals surface area contributed by atoms with Gasteiger partial charge in [-0.25, -0.2) is 4.39 Å². The van der Waals surface area contributed by atoms with Crippen LogP contribution >= 0.6 is 0 Å². The number of amides is 1. The first-order chi connectivity index (χ1) is 18.2. The standard InChI is InChI=1S/C30H28FN3O4/c1-17-21(20-13-25(31)24(15-32)28(14-20)38-3)6-4-7-22(17)23-8-5-9-26(18(23)2)34-30(37)27-11-10-19(16-33-27)12-29(35)36/h4-11,13-14,16H,12,15,32H2,1-3H3,(H,34,37)(H,35,36). The van der Waals surface area contributed by atoms with Gasteiger partial charge in [0.1, 0.15) is 17.3 Å². The number of nitrogens with one attached hydrogen (secondary N) is 1. The van der Waals surface area contributed by atoms with Crippen LogP contribution in [0, 0.1) is 19.7 Å². The summed E-state index contributed by atoms with van der Waals surface area (Å²) in [6, 6.07) is 17.8. The summed E-state index contributed by atoms with van der Waals surface area (Å²) >= 11 is 0. The van der Waals surface area contributed by atoms with Crippen LogP contribution in [0.25, 0.3) is 22.3 Å². The first-order valence-electron chi connectivity index (χ1n) is 12.0. The molecule has 8 heteroatoms. The quantitative estimate of drug-likeness (QED) is 0.286. The predicted molar refractivity (Wildman–Crippen MR) is 145 cm³/mol. The molecule has 0 aliphatic carbocycles. The van der Waals surface area contributed by atoms with E-state index in [0.29, 0.717) is 28.1 Å². The molecule has 0 bridgehead atoms. The second kappa shape index (κ2) is 11.2. The zero-order chi connectivity index (χ0) is 27.4. The van der Waals surface area contributed by atoms with Crippen molar-refractivity contribution in [3.63, 3.8) is 0 Å². The van der Waals surface area contributed by atoms with E-state index in [1.54, 1.807) is 18.2 Å². The van der Waals surface area contributed by atoms with Crippen molar-refractivity contribution in [3.8, 4) is 28.0 Å². The van der Waals surface area contributed by atoms with Gasteiger partial charge in [0.05, 0.1) is 13.5 Å². The van der Waals surface area contributed by atoms with Gasteiger partial charge in [0.15, 0.2) is 0 Å². The summed E-state index contributed by atoms with van der Waals surface area (Å²) in [7, 11) is 1.49. The number of benzene rings is 3. The maximum Gasteiger partial charge on any atom is 0.307 e. The molecule has 4 aromatic rings. The Bertz CT molecular complexity index is 1520. The van der Waals surface area contributed by atoms with Crippen molar-refractivity contribution >= 4 is 17.6 Å². The number of hydrogen-bond donors (Lipinski definition) is 3. The Morgan fingerprint density at radius 1 is 1.00 bits per heavy atom. The Kier molecular flexibility index (Phi) is 7.83. The largest absolute Gasteiger partial charge is 0.496 e. The van der Waals surface area contributed by atoms with Crippen LogP contribution in [0.4, 0.5) is 10.1 Å². The topological polar surface area (TPSA) is 115 Å². The first kappa shape index (κ1) is 26.5. The highest BCUT2D eigenvalue weighted by Crippen LogP contribution is 2.37. The molecule has 0 aliphatic heterocycles. The van der Waals surface area contributed by atoms with Gasteiger partial charge in [-0.1, -0.05) is 36.4 Å². The lowest BCUT2D eigenvalue weighted by atomic mass is 9.90. The van der Waals surface area contributed by atoms with E-state index in [9.17, 15) is 14.0 Å². The molecule has 1 aromatic heterocycles. The molecular formula is C30H28FN3O4. The number of nitrogens with two attached hydrogens (primary N) is 1. The fourth-order valence-electron chi connectivity index (χ4n) is 4.47. The van der Waals surface area contributed by atoms with E-state index in [1.807, 2.05) is 44.2 Å². The number of carbonyl (C=O) groups excluding carboxylic acids is 1. The second-order valence-corrected chi connectivity index (χ2v) is 8.88. The van der Waals surface area contributed by atoms with Crippen molar-refractivity contribution in [2.75, 3.05) is 12.4 Å². The summed E-state index contributed by atoms with van der Waals surface area (Å²) in [4.78, 5) is 27.8. The van der Waals surface area contributed by atoms with E-state index < -0.39 is 17.7 Å². The number of carboxylic acids is 1. The summed E-state index contributed by atoms with van der Waals surface area (Å²) in [5.74, 6) is -1.39. The van der Waals surface area contributed by atoms with Gasteiger partial charge < -0.3 is 20.9 Å². The average Bonchev–Trinajstić information content (AvgIpc) is 2.89. The Labute approximate surface area is 220 Å². The number of anilines is 1. The van der Waals surface area contributed by atoms with E-state index in [0.717, 1.165) is 27.8 Å². The third-order valence-corrected chi connectivity index (χ3v) is 6.51. The Morgan fingerprint density at radius 3 is 2.32 bits per heavy atom. The van der Waals surface area contributed by atoms with Gasteiger partial charge in [-0.2, -0.15) is 0 Å². The number of pyridine rings is 1. The summed E-state index contributed by atoms with van der Waals surface area (Å²) in [5.41, 5.74) is 12.5. The minimum atomic E-state index is -0.965. The van der Waals surface area contributed by atoms with Crippen molar-refractivity contribution in [2.24, 2.45) is 5.73 Å². The van der Waals surface area contributed by atoms with Crippen LogP contribution in [0.3, 0.4) is 0 Å². The third-order valence-electron chi connectivity index (χ3n) is 6.51. The van der Waals surface area contributed by atoms with Crippen LogP contribution in [0.15, 0.2) is 66.9 Å². The number of halogens is 1. The number of methoxy groups -OCH3 is 1. The number of carboxylic acid groups (broad SMARTS) is 1. The van der Waals surface area contributed by atoms with Crippen LogP contribution < -0.4 is 15.8 Å². The molecule has 1 heterocycles. The molecule has 0 radical (unpaired) electrons. The van der Waals surface area contributed by atoms with Gasteiger partial charge in [-0.3, -0.25) is 14.6 Å². The van der Waals surface area contributed by atoms with Crippen LogP contribution in [0.5, 0.6) is 5.75 Å². The molecule has 0 saturated carbocycles. The normalized spacial score (nSPS) is 10.8. The Balaban J connectivity index is 1.67. The minimum Gasteiger partial charge on any atom is -0.496 e. The maximum atomic E-state index is 14.8. The van der Waals surface area contributed by atoms with Crippen LogP contribution in [0.2, 0.25) is 0 Å². The molecular weight excluding hydrogens is 485 g/mol. The van der Waals surface area contributed by atoms with Gasteiger partial charge in [0, 0.05) is 24.0 Å². The number of nitrogens with zero attached hydrogens (tertiary/aromatic N) is 1. The molecule has 0 aliphatic rings. The highest BCUT2D eigenvalue weighted by atomic mass is 19.1. The van der Waals surface area contributed by atoms with E-state index in [4.69, 9.17) is 15.6 Å². The van der Waals surface area contributed by atoms with E-state index >= 15 is 0 Å². The number of aromatic nitrogens is 1. The van der Waals surface area contributed by atoms with Crippen molar-refractivity contribution in [3.05, 3.63) is 101 Å². The number of rotatable bonds is 8. The minimum absolute atomic E-state index is 0.0357. The predicted octanol–water partition coefficient (Wildman–Crippen LogP) is 5.52. The lowest BCUT2D eigenvalue weighted by Crippen LogP contribution is -2.15. The van der Waals surface area contributed by atoms with Gasteiger partial charge in [-0.05, 0) is 77.1 Å². The molecule has 3 aromatic carbocycles. The van der Waals surface area contributed by atoms with Crippen LogP contribution in [-0.2, 0) is 17.8 Å². The number of carbonyl (C=O) groups is 2. The fourth-order valence-corrected chi connectivity index (χ4v) is 4.47. The number of aliphatic carboxylic acids is 1. The maximum absolute atomic E-state index is 14.8. The lowest BCUT2D eigenvalue weighted by molar-refractivity contribution is -0.136. The van der Waals surface area contributed by atoms with Crippen LogP contribution in [0.1, 0.15) is 32.7 Å². The summed E-state index contributed by atoms with van der Waals surface area (Å²) in [6.45, 7) is 3.92. The smallest absolute Gasteiger partial charge is 0.307 e. The molecule has 1 amide bonds. The van der Waals surface area contributed by atoms with E-state index in [-0.39, 0.29) is 18.7 Å². The Hall–Kier alpha value is -4.56. The molecule has 0 saturated heterocycles. The zero-order valence-corrected chi connectivity index (χ0v) is 21.3.